The standard InChI is InChI=1S/C15H16ClF3N4/c1-3-6-20-13-8-14(22-9(2)21-13)23-12-7-10(15(17,18)19)4-5-11(12)16/h4-5,7-8H,3,6H2,1-2H3,(H2,20,21,22,23). The third-order valence-corrected chi connectivity index (χ3v) is 3.28. The average Bonchev–Trinajstić information content (AvgIpc) is 2.45. The van der Waals surface area contributed by atoms with E-state index in [2.05, 4.69) is 20.6 Å². The highest BCUT2D eigenvalue weighted by molar-refractivity contribution is 6.33. The summed E-state index contributed by atoms with van der Waals surface area (Å²) < 4.78 is 38.4. The Hall–Kier alpha value is -2.02. The van der Waals surface area contributed by atoms with Crippen molar-refractivity contribution in [1.29, 1.82) is 0 Å². The first-order valence-electron chi connectivity index (χ1n) is 7.03. The van der Waals surface area contributed by atoms with Crippen LogP contribution in [0.15, 0.2) is 24.3 Å². The number of hydrogen-bond donors (Lipinski definition) is 2. The second-order valence-electron chi connectivity index (χ2n) is 4.93. The number of hydrogen-bond acceptors (Lipinski definition) is 4. The smallest absolute Gasteiger partial charge is 0.370 e. The fourth-order valence-corrected chi connectivity index (χ4v) is 2.08. The summed E-state index contributed by atoms with van der Waals surface area (Å²) in [5.41, 5.74) is -0.638. The SMILES string of the molecule is CCCNc1cc(Nc2cc(C(F)(F)F)ccc2Cl)nc(C)n1. The molecule has 0 saturated carbocycles. The van der Waals surface area contributed by atoms with Crippen LogP contribution in [0.25, 0.3) is 0 Å². The number of nitrogens with zero attached hydrogens (tertiary/aromatic N) is 2. The number of anilines is 3. The maximum atomic E-state index is 12.8. The second-order valence-corrected chi connectivity index (χ2v) is 5.34. The first kappa shape index (κ1) is 17.3. The van der Waals surface area contributed by atoms with Gasteiger partial charge in [0.05, 0.1) is 16.3 Å². The summed E-state index contributed by atoms with van der Waals surface area (Å²) in [6, 6.07) is 4.72. The lowest BCUT2D eigenvalue weighted by atomic mass is 10.2. The van der Waals surface area contributed by atoms with Crippen molar-refractivity contribution in [2.75, 3.05) is 17.2 Å². The van der Waals surface area contributed by atoms with Crippen LogP contribution in [-0.2, 0) is 6.18 Å². The van der Waals surface area contributed by atoms with Gasteiger partial charge in [-0.3, -0.25) is 0 Å². The number of aromatic nitrogens is 2. The van der Waals surface area contributed by atoms with Crippen LogP contribution in [0, 0.1) is 6.92 Å². The second kappa shape index (κ2) is 7.04. The van der Waals surface area contributed by atoms with Crippen molar-refractivity contribution in [1.82, 2.24) is 9.97 Å². The van der Waals surface area contributed by atoms with Gasteiger partial charge >= 0.3 is 6.18 Å². The average molecular weight is 345 g/mol. The number of halogens is 4. The highest BCUT2D eigenvalue weighted by atomic mass is 35.5. The van der Waals surface area contributed by atoms with E-state index in [4.69, 9.17) is 11.6 Å². The first-order valence-corrected chi connectivity index (χ1v) is 7.40. The molecule has 4 nitrogen and oxygen atoms in total. The Bertz CT molecular complexity index is 689. The van der Waals surface area contributed by atoms with E-state index in [0.717, 1.165) is 25.1 Å². The van der Waals surface area contributed by atoms with Gasteiger partial charge in [-0.2, -0.15) is 13.2 Å². The minimum Gasteiger partial charge on any atom is -0.370 e. The topological polar surface area (TPSA) is 49.8 Å². The van der Waals surface area contributed by atoms with Crippen molar-refractivity contribution in [3.8, 4) is 0 Å². The van der Waals surface area contributed by atoms with Crippen molar-refractivity contribution >= 4 is 28.9 Å². The summed E-state index contributed by atoms with van der Waals surface area (Å²) in [7, 11) is 0. The molecule has 0 atom stereocenters. The van der Waals surface area contributed by atoms with Gasteiger partial charge in [0.1, 0.15) is 17.5 Å². The molecule has 0 aliphatic carbocycles. The molecule has 0 bridgehead atoms. The highest BCUT2D eigenvalue weighted by Gasteiger charge is 2.31. The van der Waals surface area contributed by atoms with Crippen molar-refractivity contribution < 1.29 is 13.2 Å². The molecule has 0 fully saturated rings. The Labute approximate surface area is 137 Å². The Morgan fingerprint density at radius 2 is 1.83 bits per heavy atom. The van der Waals surface area contributed by atoms with Crippen molar-refractivity contribution in [3.05, 3.63) is 40.7 Å². The molecule has 0 radical (unpaired) electrons. The Morgan fingerprint density at radius 1 is 1.13 bits per heavy atom. The van der Waals surface area contributed by atoms with Crippen LogP contribution in [0.3, 0.4) is 0 Å². The molecule has 0 aliphatic rings. The molecular weight excluding hydrogens is 329 g/mol. The quantitative estimate of drug-likeness (QED) is 0.799. The normalized spacial score (nSPS) is 11.4. The van der Waals surface area contributed by atoms with Crippen LogP contribution in [-0.4, -0.2) is 16.5 Å². The monoisotopic (exact) mass is 344 g/mol. The molecule has 0 aliphatic heterocycles. The van der Waals surface area contributed by atoms with Gasteiger partial charge in [0.15, 0.2) is 0 Å². The van der Waals surface area contributed by atoms with Gasteiger partial charge in [0.25, 0.3) is 0 Å². The lowest BCUT2D eigenvalue weighted by molar-refractivity contribution is -0.137. The largest absolute Gasteiger partial charge is 0.416 e. The fraction of sp³-hybridized carbons (Fsp3) is 0.333. The van der Waals surface area contributed by atoms with E-state index in [-0.39, 0.29) is 10.7 Å². The minimum atomic E-state index is -4.43. The van der Waals surface area contributed by atoms with Gasteiger partial charge in [-0.05, 0) is 31.5 Å². The van der Waals surface area contributed by atoms with Crippen molar-refractivity contribution in [3.63, 3.8) is 0 Å². The van der Waals surface area contributed by atoms with E-state index in [1.165, 1.54) is 6.07 Å². The van der Waals surface area contributed by atoms with Crippen LogP contribution in [0.5, 0.6) is 0 Å². The summed E-state index contributed by atoms with van der Waals surface area (Å²) in [6.45, 7) is 4.46. The molecule has 124 valence electrons. The Kier molecular flexibility index (Phi) is 5.30. The lowest BCUT2D eigenvalue weighted by Gasteiger charge is -2.13. The minimum absolute atomic E-state index is 0.140. The molecule has 23 heavy (non-hydrogen) atoms. The molecule has 8 heteroatoms. The maximum Gasteiger partial charge on any atom is 0.416 e. The molecular formula is C15H16ClF3N4. The number of nitrogens with one attached hydrogen (secondary N) is 2. The van der Waals surface area contributed by atoms with E-state index in [1.54, 1.807) is 13.0 Å². The van der Waals surface area contributed by atoms with Gasteiger partial charge < -0.3 is 10.6 Å². The van der Waals surface area contributed by atoms with E-state index in [1.807, 2.05) is 6.92 Å². The molecule has 2 N–H and O–H groups in total. The molecule has 1 aromatic carbocycles. The van der Waals surface area contributed by atoms with Crippen molar-refractivity contribution in [2.45, 2.75) is 26.4 Å². The zero-order chi connectivity index (χ0) is 17.0. The third kappa shape index (κ3) is 4.72. The Morgan fingerprint density at radius 3 is 2.48 bits per heavy atom. The van der Waals surface area contributed by atoms with Crippen LogP contribution in [0.4, 0.5) is 30.5 Å². The molecule has 2 aromatic rings. The van der Waals surface area contributed by atoms with E-state index in [9.17, 15) is 13.2 Å². The van der Waals surface area contributed by atoms with E-state index in [0.29, 0.717) is 17.5 Å². The predicted octanol–water partition coefficient (Wildman–Crippen LogP) is 5.02. The summed E-state index contributed by atoms with van der Waals surface area (Å²) >= 11 is 5.97. The summed E-state index contributed by atoms with van der Waals surface area (Å²) in [5, 5.41) is 6.10. The number of rotatable bonds is 5. The maximum absolute atomic E-state index is 12.8. The summed E-state index contributed by atoms with van der Waals surface area (Å²) in [4.78, 5) is 8.39. The third-order valence-electron chi connectivity index (χ3n) is 2.95. The van der Waals surface area contributed by atoms with Crippen LogP contribution >= 0.6 is 11.6 Å². The van der Waals surface area contributed by atoms with Crippen LogP contribution < -0.4 is 10.6 Å². The Balaban J connectivity index is 2.30. The van der Waals surface area contributed by atoms with Gasteiger partial charge in [0.2, 0.25) is 0 Å². The zero-order valence-corrected chi connectivity index (χ0v) is 13.4. The zero-order valence-electron chi connectivity index (χ0n) is 12.6. The van der Waals surface area contributed by atoms with E-state index < -0.39 is 11.7 Å². The van der Waals surface area contributed by atoms with Crippen LogP contribution in [0.1, 0.15) is 24.7 Å². The summed E-state index contributed by atoms with van der Waals surface area (Å²) in [6.07, 6.45) is -3.51. The molecule has 0 unspecified atom stereocenters. The fourth-order valence-electron chi connectivity index (χ4n) is 1.91. The number of benzene rings is 1. The molecule has 0 amide bonds. The van der Waals surface area contributed by atoms with Gasteiger partial charge in [0, 0.05) is 12.6 Å². The van der Waals surface area contributed by atoms with Crippen molar-refractivity contribution in [2.24, 2.45) is 0 Å². The highest BCUT2D eigenvalue weighted by Crippen LogP contribution is 2.34. The lowest BCUT2D eigenvalue weighted by Crippen LogP contribution is -2.07. The molecule has 1 aromatic heterocycles. The summed E-state index contributed by atoms with van der Waals surface area (Å²) in [5.74, 6) is 1.47. The van der Waals surface area contributed by atoms with Gasteiger partial charge in [-0.25, -0.2) is 9.97 Å². The first-order chi connectivity index (χ1) is 10.8. The van der Waals surface area contributed by atoms with E-state index >= 15 is 0 Å². The van der Waals surface area contributed by atoms with Gasteiger partial charge in [-0.15, -0.1) is 0 Å². The molecule has 2 rings (SSSR count). The number of aryl methyl sites for hydroxylation is 1. The van der Waals surface area contributed by atoms with Crippen LogP contribution in [0.2, 0.25) is 5.02 Å². The molecule has 0 spiro atoms. The predicted molar refractivity (Wildman–Crippen MR) is 85.3 cm³/mol. The van der Waals surface area contributed by atoms with Gasteiger partial charge in [-0.1, -0.05) is 18.5 Å². The molecule has 1 heterocycles. The number of alkyl halides is 3. The molecule has 0 saturated heterocycles.